The maximum atomic E-state index is 9.88. The van der Waals surface area contributed by atoms with Crippen molar-refractivity contribution in [1.82, 2.24) is 5.32 Å². The molecule has 0 aromatic carbocycles. The fourth-order valence-corrected chi connectivity index (χ4v) is 4.53. The van der Waals surface area contributed by atoms with Crippen LogP contribution < -0.4 is 5.32 Å². The first kappa shape index (κ1) is 15.7. The van der Waals surface area contributed by atoms with Gasteiger partial charge in [-0.2, -0.15) is 11.8 Å². The summed E-state index contributed by atoms with van der Waals surface area (Å²) >= 11 is 2.11. The van der Waals surface area contributed by atoms with Crippen molar-refractivity contribution < 1.29 is 5.11 Å². The van der Waals surface area contributed by atoms with Crippen LogP contribution in [0.5, 0.6) is 0 Å². The van der Waals surface area contributed by atoms with Gasteiger partial charge < -0.3 is 10.4 Å². The molecule has 2 nitrogen and oxygen atoms in total. The summed E-state index contributed by atoms with van der Waals surface area (Å²) in [5.74, 6) is 4.11. The summed E-state index contributed by atoms with van der Waals surface area (Å²) in [6.07, 6.45) is 8.99. The van der Waals surface area contributed by atoms with Crippen molar-refractivity contribution in [3.63, 3.8) is 0 Å². The van der Waals surface area contributed by atoms with Gasteiger partial charge in [-0.1, -0.05) is 26.7 Å². The van der Waals surface area contributed by atoms with Crippen LogP contribution in [0, 0.1) is 11.8 Å². The highest BCUT2D eigenvalue weighted by Crippen LogP contribution is 2.40. The van der Waals surface area contributed by atoms with E-state index in [-0.39, 0.29) is 5.54 Å². The molecule has 3 atom stereocenters. The molecule has 19 heavy (non-hydrogen) atoms. The van der Waals surface area contributed by atoms with E-state index in [1.807, 2.05) is 0 Å². The molecule has 2 aliphatic rings. The van der Waals surface area contributed by atoms with Gasteiger partial charge in [-0.05, 0) is 55.4 Å². The normalized spacial score (nSPS) is 32.7. The lowest BCUT2D eigenvalue weighted by Gasteiger charge is -2.35. The molecule has 3 heteroatoms. The maximum absolute atomic E-state index is 9.88. The molecule has 0 aromatic heterocycles. The Labute approximate surface area is 123 Å². The molecule has 0 bridgehead atoms. The zero-order valence-electron chi connectivity index (χ0n) is 12.7. The lowest BCUT2D eigenvalue weighted by molar-refractivity contribution is 0.120. The van der Waals surface area contributed by atoms with Crippen LogP contribution in [0.3, 0.4) is 0 Å². The predicted octanol–water partition coefficient (Wildman–Crippen LogP) is 3.44. The second-order valence-corrected chi connectivity index (χ2v) is 7.85. The van der Waals surface area contributed by atoms with Gasteiger partial charge in [0.1, 0.15) is 0 Å². The summed E-state index contributed by atoms with van der Waals surface area (Å²) in [6, 6.07) is 0.709. The Bertz CT molecular complexity index is 269. The lowest BCUT2D eigenvalue weighted by atomic mass is 9.85. The van der Waals surface area contributed by atoms with E-state index in [4.69, 9.17) is 0 Å². The average molecular weight is 285 g/mol. The molecule has 112 valence electrons. The number of aliphatic hydroxyl groups excluding tert-OH is 1. The highest BCUT2D eigenvalue weighted by atomic mass is 32.2. The third-order valence-corrected chi connectivity index (χ3v) is 6.35. The summed E-state index contributed by atoms with van der Waals surface area (Å²) in [5.41, 5.74) is 0.0676. The van der Waals surface area contributed by atoms with E-state index in [0.717, 1.165) is 5.92 Å². The minimum absolute atomic E-state index is 0.0676. The van der Waals surface area contributed by atoms with Gasteiger partial charge >= 0.3 is 0 Å². The van der Waals surface area contributed by atoms with Crippen LogP contribution in [0.4, 0.5) is 0 Å². The van der Waals surface area contributed by atoms with Crippen molar-refractivity contribution in [2.45, 2.75) is 70.4 Å². The molecule has 0 aromatic rings. The Kier molecular flexibility index (Phi) is 6.04. The summed E-state index contributed by atoms with van der Waals surface area (Å²) in [5, 5.41) is 13.6. The topological polar surface area (TPSA) is 32.3 Å². The van der Waals surface area contributed by atoms with Crippen LogP contribution in [-0.4, -0.2) is 34.8 Å². The largest absolute Gasteiger partial charge is 0.394 e. The highest BCUT2D eigenvalue weighted by Gasteiger charge is 2.44. The van der Waals surface area contributed by atoms with Gasteiger partial charge in [0, 0.05) is 11.6 Å². The van der Waals surface area contributed by atoms with E-state index in [2.05, 4.69) is 30.9 Å². The molecular formula is C16H31NOS. The molecule has 0 radical (unpaired) electrons. The second kappa shape index (κ2) is 7.33. The predicted molar refractivity (Wildman–Crippen MR) is 84.7 cm³/mol. The Balaban J connectivity index is 1.74. The van der Waals surface area contributed by atoms with Crippen LogP contribution in [0.1, 0.15) is 58.8 Å². The van der Waals surface area contributed by atoms with Gasteiger partial charge in [-0.3, -0.25) is 0 Å². The van der Waals surface area contributed by atoms with E-state index in [9.17, 15) is 5.11 Å². The monoisotopic (exact) mass is 285 g/mol. The summed E-state index contributed by atoms with van der Waals surface area (Å²) in [4.78, 5) is 0. The molecule has 2 fully saturated rings. The van der Waals surface area contributed by atoms with Crippen molar-refractivity contribution in [3.8, 4) is 0 Å². The first-order chi connectivity index (χ1) is 9.20. The number of rotatable bonds is 9. The summed E-state index contributed by atoms with van der Waals surface area (Å²) < 4.78 is 0. The summed E-state index contributed by atoms with van der Waals surface area (Å²) in [7, 11) is 0. The molecule has 0 spiro atoms. The van der Waals surface area contributed by atoms with Crippen LogP contribution in [0.15, 0.2) is 0 Å². The maximum Gasteiger partial charge on any atom is 0.0616 e. The molecule has 2 N–H and O–H groups in total. The number of nitrogens with one attached hydrogen (secondary N) is 1. The fraction of sp³-hybridized carbons (Fsp3) is 1.00. The molecule has 0 saturated heterocycles. The number of hydrogen-bond acceptors (Lipinski definition) is 3. The van der Waals surface area contributed by atoms with Crippen LogP contribution in [-0.2, 0) is 0 Å². The van der Waals surface area contributed by atoms with Crippen molar-refractivity contribution in [1.29, 1.82) is 0 Å². The highest BCUT2D eigenvalue weighted by molar-refractivity contribution is 7.99. The molecule has 0 aliphatic heterocycles. The lowest BCUT2D eigenvalue weighted by Crippen LogP contribution is -2.52. The van der Waals surface area contributed by atoms with E-state index in [1.165, 1.54) is 56.5 Å². The molecule has 2 rings (SSSR count). The number of thioether (sulfide) groups is 1. The number of hydrogen-bond donors (Lipinski definition) is 2. The van der Waals surface area contributed by atoms with Crippen molar-refractivity contribution >= 4 is 11.8 Å². The smallest absolute Gasteiger partial charge is 0.0616 e. The van der Waals surface area contributed by atoms with Crippen molar-refractivity contribution in [3.05, 3.63) is 0 Å². The van der Waals surface area contributed by atoms with Gasteiger partial charge in [-0.15, -0.1) is 0 Å². The van der Waals surface area contributed by atoms with E-state index in [1.54, 1.807) is 0 Å². The zero-order valence-corrected chi connectivity index (χ0v) is 13.5. The quantitative estimate of drug-likeness (QED) is 0.637. The Morgan fingerprint density at radius 1 is 1.37 bits per heavy atom. The van der Waals surface area contributed by atoms with Gasteiger partial charge in [-0.25, -0.2) is 0 Å². The average Bonchev–Trinajstić information content (AvgIpc) is 3.14. The van der Waals surface area contributed by atoms with Crippen LogP contribution in [0.2, 0.25) is 0 Å². The van der Waals surface area contributed by atoms with Gasteiger partial charge in [0.25, 0.3) is 0 Å². The van der Waals surface area contributed by atoms with E-state index in [0.29, 0.717) is 18.6 Å². The van der Waals surface area contributed by atoms with E-state index >= 15 is 0 Å². The first-order valence-electron chi connectivity index (χ1n) is 8.16. The Morgan fingerprint density at radius 3 is 2.79 bits per heavy atom. The SMILES string of the molecule is CCC(C)CSCCC1CCCC1(CO)NC1CC1. The molecule has 3 unspecified atom stereocenters. The Hall–Kier alpha value is 0.270. The van der Waals surface area contributed by atoms with Crippen LogP contribution >= 0.6 is 11.8 Å². The van der Waals surface area contributed by atoms with Gasteiger partial charge in [0.15, 0.2) is 0 Å². The Morgan fingerprint density at radius 2 is 2.16 bits per heavy atom. The van der Waals surface area contributed by atoms with Crippen molar-refractivity contribution in [2.24, 2.45) is 11.8 Å². The summed E-state index contributed by atoms with van der Waals surface area (Å²) in [6.45, 7) is 4.96. The molecule has 2 aliphatic carbocycles. The second-order valence-electron chi connectivity index (χ2n) is 6.70. The van der Waals surface area contributed by atoms with Gasteiger partial charge in [0.2, 0.25) is 0 Å². The molecule has 2 saturated carbocycles. The molecule has 0 amide bonds. The minimum atomic E-state index is 0.0676. The fourth-order valence-electron chi connectivity index (χ4n) is 3.27. The van der Waals surface area contributed by atoms with Gasteiger partial charge in [0.05, 0.1) is 6.61 Å². The zero-order chi connectivity index (χ0) is 13.7. The van der Waals surface area contributed by atoms with Crippen LogP contribution in [0.25, 0.3) is 0 Å². The van der Waals surface area contributed by atoms with E-state index < -0.39 is 0 Å². The molecule has 0 heterocycles. The standard InChI is InChI=1S/C16H31NOS/c1-3-13(2)11-19-10-8-14-5-4-9-16(14,12-18)17-15-6-7-15/h13-15,17-18H,3-12H2,1-2H3. The molecular weight excluding hydrogens is 254 g/mol. The third-order valence-electron chi connectivity index (χ3n) is 5.02. The third kappa shape index (κ3) is 4.37. The number of aliphatic hydroxyl groups is 1. The first-order valence-corrected chi connectivity index (χ1v) is 9.32. The van der Waals surface area contributed by atoms with Crippen molar-refractivity contribution in [2.75, 3.05) is 18.1 Å². The minimum Gasteiger partial charge on any atom is -0.394 e.